The molecule has 6 nitrogen and oxygen atoms in total. The summed E-state index contributed by atoms with van der Waals surface area (Å²) in [4.78, 5) is 13.6. The largest absolute Gasteiger partial charge is 0.443 e. The Hall–Kier alpha value is -3.15. The number of aromatic nitrogens is 3. The van der Waals surface area contributed by atoms with Gasteiger partial charge in [-0.15, -0.1) is 5.10 Å². The van der Waals surface area contributed by atoms with E-state index in [0.717, 1.165) is 5.56 Å². The van der Waals surface area contributed by atoms with E-state index in [4.69, 9.17) is 4.74 Å². The summed E-state index contributed by atoms with van der Waals surface area (Å²) in [7, 11) is 1.71. The number of ether oxygens (including phenoxy) is 1. The minimum atomic E-state index is -0.387. The Morgan fingerprint density at radius 1 is 1.12 bits per heavy atom. The molecule has 0 unspecified atom stereocenters. The van der Waals surface area contributed by atoms with Crippen LogP contribution in [0.25, 0.3) is 0 Å². The highest BCUT2D eigenvalue weighted by Crippen LogP contribution is 2.09. The maximum atomic E-state index is 12.1. The van der Waals surface area contributed by atoms with Gasteiger partial charge in [-0.3, -0.25) is 0 Å². The summed E-state index contributed by atoms with van der Waals surface area (Å²) in [6.07, 6.45) is 1.42. The second kappa shape index (κ2) is 8.29. The summed E-state index contributed by atoms with van der Waals surface area (Å²) in [5, 5.41) is 8.18. The molecule has 0 aliphatic heterocycles. The summed E-state index contributed by atoms with van der Waals surface area (Å²) in [6, 6.07) is 17.9. The van der Waals surface area contributed by atoms with Crippen molar-refractivity contribution in [2.75, 3.05) is 7.05 Å². The van der Waals surface area contributed by atoms with Gasteiger partial charge in [0.1, 0.15) is 12.3 Å². The number of rotatable bonds is 6. The van der Waals surface area contributed by atoms with Gasteiger partial charge in [-0.1, -0.05) is 59.8 Å². The lowest BCUT2D eigenvalue weighted by Gasteiger charge is -2.16. The predicted octanol–water partition coefficient (Wildman–Crippen LogP) is 3.40. The van der Waals surface area contributed by atoms with Gasteiger partial charge in [0.15, 0.2) is 0 Å². The van der Waals surface area contributed by atoms with Crippen LogP contribution in [0.2, 0.25) is 0 Å². The zero-order chi connectivity index (χ0) is 18.4. The first-order chi connectivity index (χ1) is 12.6. The highest BCUT2D eigenvalue weighted by atomic mass is 16.6. The number of carbonyl (C=O) groups is 1. The van der Waals surface area contributed by atoms with Gasteiger partial charge in [-0.05, 0) is 23.6 Å². The summed E-state index contributed by atoms with van der Waals surface area (Å²) in [5.41, 5.74) is 4.07. The summed E-state index contributed by atoms with van der Waals surface area (Å²) < 4.78 is 7.07. The fourth-order valence-electron chi connectivity index (χ4n) is 2.61. The van der Waals surface area contributed by atoms with Crippen LogP contribution in [0, 0.1) is 6.92 Å². The average Bonchev–Trinajstić information content (AvgIpc) is 3.10. The highest BCUT2D eigenvalue weighted by Gasteiger charge is 2.12. The molecule has 0 N–H and O–H groups in total. The number of nitrogens with zero attached hydrogens (tertiary/aromatic N) is 4. The molecule has 3 aromatic rings. The third kappa shape index (κ3) is 4.69. The maximum Gasteiger partial charge on any atom is 0.410 e. The molecule has 0 aliphatic rings. The van der Waals surface area contributed by atoms with Crippen molar-refractivity contribution in [3.8, 4) is 0 Å². The molecule has 0 saturated heterocycles. The van der Waals surface area contributed by atoms with Crippen molar-refractivity contribution in [2.24, 2.45) is 0 Å². The number of amides is 1. The van der Waals surface area contributed by atoms with Crippen molar-refractivity contribution in [3.63, 3.8) is 0 Å². The highest BCUT2D eigenvalue weighted by molar-refractivity contribution is 5.67. The van der Waals surface area contributed by atoms with Crippen LogP contribution < -0.4 is 0 Å². The van der Waals surface area contributed by atoms with Crippen molar-refractivity contribution in [3.05, 3.63) is 83.2 Å². The Labute approximate surface area is 153 Å². The van der Waals surface area contributed by atoms with Crippen molar-refractivity contribution in [1.82, 2.24) is 19.9 Å². The van der Waals surface area contributed by atoms with E-state index in [9.17, 15) is 4.79 Å². The van der Waals surface area contributed by atoms with E-state index in [-0.39, 0.29) is 12.7 Å². The lowest BCUT2D eigenvalue weighted by atomic mass is 10.1. The standard InChI is InChI=1S/C20H22N4O2/c1-16-8-6-7-11-18(16)13-24-14-19(21-22-24)15-26-20(25)23(2)12-17-9-4-3-5-10-17/h3-11,14H,12-13,15H2,1-2H3. The molecule has 2 aromatic carbocycles. The first-order valence-corrected chi connectivity index (χ1v) is 8.47. The van der Waals surface area contributed by atoms with Gasteiger partial charge in [-0.25, -0.2) is 9.48 Å². The second-order valence-corrected chi connectivity index (χ2v) is 6.23. The molecule has 1 amide bonds. The zero-order valence-electron chi connectivity index (χ0n) is 15.0. The van der Waals surface area contributed by atoms with Crippen LogP contribution in [0.5, 0.6) is 0 Å². The van der Waals surface area contributed by atoms with E-state index in [0.29, 0.717) is 18.8 Å². The molecular weight excluding hydrogens is 328 g/mol. The molecule has 6 heteroatoms. The summed E-state index contributed by atoms with van der Waals surface area (Å²) in [5.74, 6) is 0. The first-order valence-electron chi connectivity index (χ1n) is 8.47. The second-order valence-electron chi connectivity index (χ2n) is 6.23. The predicted molar refractivity (Wildman–Crippen MR) is 98.4 cm³/mol. The van der Waals surface area contributed by atoms with Crippen LogP contribution >= 0.6 is 0 Å². The van der Waals surface area contributed by atoms with Gasteiger partial charge in [-0.2, -0.15) is 0 Å². The van der Waals surface area contributed by atoms with E-state index < -0.39 is 0 Å². The molecule has 0 bridgehead atoms. The van der Waals surface area contributed by atoms with Crippen LogP contribution in [0.3, 0.4) is 0 Å². The third-order valence-electron chi connectivity index (χ3n) is 4.10. The van der Waals surface area contributed by atoms with Gasteiger partial charge in [0.2, 0.25) is 0 Å². The molecule has 1 heterocycles. The Bertz CT molecular complexity index is 861. The molecule has 0 fully saturated rings. The zero-order valence-corrected chi connectivity index (χ0v) is 15.0. The summed E-state index contributed by atoms with van der Waals surface area (Å²) in [6.45, 7) is 3.31. The van der Waals surface area contributed by atoms with E-state index in [1.165, 1.54) is 16.0 Å². The number of hydrogen-bond donors (Lipinski definition) is 0. The van der Waals surface area contributed by atoms with Gasteiger partial charge in [0.05, 0.1) is 12.7 Å². The lowest BCUT2D eigenvalue weighted by molar-refractivity contribution is 0.101. The molecule has 0 atom stereocenters. The van der Waals surface area contributed by atoms with Gasteiger partial charge < -0.3 is 9.64 Å². The number of aryl methyl sites for hydroxylation is 1. The smallest absolute Gasteiger partial charge is 0.410 e. The maximum absolute atomic E-state index is 12.1. The third-order valence-corrected chi connectivity index (χ3v) is 4.10. The van der Waals surface area contributed by atoms with Gasteiger partial charge >= 0.3 is 6.09 Å². The van der Waals surface area contributed by atoms with E-state index in [1.54, 1.807) is 17.9 Å². The van der Waals surface area contributed by atoms with Crippen LogP contribution in [-0.2, 0) is 24.4 Å². The minimum Gasteiger partial charge on any atom is -0.443 e. The van der Waals surface area contributed by atoms with Crippen LogP contribution in [0.15, 0.2) is 60.8 Å². The normalized spacial score (nSPS) is 10.5. The van der Waals surface area contributed by atoms with E-state index >= 15 is 0 Å². The number of carbonyl (C=O) groups excluding carboxylic acids is 1. The number of hydrogen-bond acceptors (Lipinski definition) is 4. The van der Waals surface area contributed by atoms with Crippen molar-refractivity contribution < 1.29 is 9.53 Å². The molecule has 3 rings (SSSR count). The first kappa shape index (κ1) is 17.7. The van der Waals surface area contributed by atoms with Gasteiger partial charge in [0.25, 0.3) is 0 Å². The Balaban J connectivity index is 1.51. The molecular formula is C20H22N4O2. The van der Waals surface area contributed by atoms with Crippen molar-refractivity contribution in [2.45, 2.75) is 26.6 Å². The lowest BCUT2D eigenvalue weighted by Crippen LogP contribution is -2.26. The van der Waals surface area contributed by atoms with E-state index in [1.807, 2.05) is 42.5 Å². The molecule has 0 aliphatic carbocycles. The monoisotopic (exact) mass is 350 g/mol. The fraction of sp³-hybridized carbons (Fsp3) is 0.250. The van der Waals surface area contributed by atoms with Crippen molar-refractivity contribution >= 4 is 6.09 Å². The quantitative estimate of drug-likeness (QED) is 0.684. The minimum absolute atomic E-state index is 0.103. The van der Waals surface area contributed by atoms with Crippen LogP contribution in [0.4, 0.5) is 4.79 Å². The fourth-order valence-corrected chi connectivity index (χ4v) is 2.61. The molecule has 0 saturated carbocycles. The topological polar surface area (TPSA) is 60.2 Å². The van der Waals surface area contributed by atoms with Crippen LogP contribution in [0.1, 0.15) is 22.4 Å². The molecule has 1 aromatic heterocycles. The Morgan fingerprint density at radius 3 is 2.62 bits per heavy atom. The van der Waals surface area contributed by atoms with Gasteiger partial charge in [0, 0.05) is 13.6 Å². The molecule has 134 valence electrons. The van der Waals surface area contributed by atoms with E-state index in [2.05, 4.69) is 29.4 Å². The molecule has 26 heavy (non-hydrogen) atoms. The average molecular weight is 350 g/mol. The molecule has 0 spiro atoms. The van der Waals surface area contributed by atoms with Crippen LogP contribution in [-0.4, -0.2) is 33.0 Å². The number of benzene rings is 2. The SMILES string of the molecule is Cc1ccccc1Cn1cc(COC(=O)N(C)Cc2ccccc2)nn1. The van der Waals surface area contributed by atoms with Crippen molar-refractivity contribution in [1.29, 1.82) is 0 Å². The Kier molecular flexibility index (Phi) is 5.63. The Morgan fingerprint density at radius 2 is 1.85 bits per heavy atom. The summed E-state index contributed by atoms with van der Waals surface area (Å²) >= 11 is 0. The molecule has 0 radical (unpaired) electrons.